The zero-order chi connectivity index (χ0) is 26.7. The van der Waals surface area contributed by atoms with Crippen molar-refractivity contribution in [1.29, 1.82) is 0 Å². The lowest BCUT2D eigenvalue weighted by molar-refractivity contribution is -0.385. The van der Waals surface area contributed by atoms with Gasteiger partial charge in [0.15, 0.2) is 0 Å². The molecule has 0 aromatic heterocycles. The van der Waals surface area contributed by atoms with Gasteiger partial charge >= 0.3 is 5.97 Å². The molecule has 11 nitrogen and oxygen atoms in total. The van der Waals surface area contributed by atoms with E-state index in [-0.39, 0.29) is 28.8 Å². The number of aryl methyl sites for hydroxylation is 1. The number of rotatable bonds is 6. The summed E-state index contributed by atoms with van der Waals surface area (Å²) in [4.78, 5) is 47.5. The van der Waals surface area contributed by atoms with Crippen LogP contribution in [0, 0.1) is 17.0 Å². The molecule has 0 aliphatic carbocycles. The fourth-order valence-electron chi connectivity index (χ4n) is 3.73. The lowest BCUT2D eigenvalue weighted by Crippen LogP contribution is -2.26. The maximum Gasteiger partial charge on any atom is 0.308 e. The Hall–Kier alpha value is -5.06. The van der Waals surface area contributed by atoms with Crippen molar-refractivity contribution in [3.63, 3.8) is 0 Å². The molecule has 3 aromatic carbocycles. The molecule has 1 N–H and O–H groups in total. The summed E-state index contributed by atoms with van der Waals surface area (Å²) in [6.45, 7) is 4.27. The molecule has 0 spiro atoms. The van der Waals surface area contributed by atoms with E-state index in [1.165, 1.54) is 26.0 Å². The maximum absolute atomic E-state index is 12.7. The molecule has 0 fully saturated rings. The second-order valence-corrected chi connectivity index (χ2v) is 8.16. The first-order valence-corrected chi connectivity index (χ1v) is 11.1. The predicted octanol–water partition coefficient (Wildman–Crippen LogP) is 4.32. The summed E-state index contributed by atoms with van der Waals surface area (Å²) < 4.78 is 11.2. The maximum atomic E-state index is 12.7. The van der Waals surface area contributed by atoms with E-state index in [0.717, 1.165) is 16.6 Å². The Balaban J connectivity index is 1.65. The fourth-order valence-corrected chi connectivity index (χ4v) is 3.73. The van der Waals surface area contributed by atoms with E-state index in [0.29, 0.717) is 16.8 Å². The third-order valence-corrected chi connectivity index (χ3v) is 5.45. The SMILES string of the molecule is CC(=O)Oc1ccc([N+](=O)[O-])cc1C1OC(c2cccc(NC(=O)c3ccccc3C)c2)=NN1C(C)=O. The van der Waals surface area contributed by atoms with Crippen molar-refractivity contribution >= 4 is 35.1 Å². The zero-order valence-corrected chi connectivity index (χ0v) is 20.1. The highest BCUT2D eigenvalue weighted by Gasteiger charge is 2.36. The minimum absolute atomic E-state index is 0.00922. The molecule has 3 aromatic rings. The number of anilines is 1. The van der Waals surface area contributed by atoms with E-state index >= 15 is 0 Å². The Morgan fingerprint density at radius 1 is 1.05 bits per heavy atom. The number of ether oxygens (including phenoxy) is 2. The number of hydrogen-bond acceptors (Lipinski definition) is 8. The second kappa shape index (κ2) is 10.3. The monoisotopic (exact) mass is 502 g/mol. The van der Waals surface area contributed by atoms with E-state index in [2.05, 4.69) is 10.4 Å². The number of hydrazone groups is 1. The Morgan fingerprint density at radius 3 is 2.49 bits per heavy atom. The number of benzene rings is 3. The minimum Gasteiger partial charge on any atom is -0.446 e. The summed E-state index contributed by atoms with van der Waals surface area (Å²) in [6, 6.07) is 17.4. The van der Waals surface area contributed by atoms with Crippen LogP contribution in [0.3, 0.4) is 0 Å². The van der Waals surface area contributed by atoms with Crippen LogP contribution >= 0.6 is 0 Å². The third-order valence-electron chi connectivity index (χ3n) is 5.45. The normalized spacial score (nSPS) is 14.4. The first-order chi connectivity index (χ1) is 17.6. The van der Waals surface area contributed by atoms with Gasteiger partial charge in [-0.05, 0) is 42.8 Å². The van der Waals surface area contributed by atoms with Crippen molar-refractivity contribution in [2.45, 2.75) is 27.0 Å². The van der Waals surface area contributed by atoms with Crippen LogP contribution in [0.5, 0.6) is 5.75 Å². The molecule has 1 aliphatic heterocycles. The molecule has 188 valence electrons. The molecule has 1 atom stereocenters. The predicted molar refractivity (Wildman–Crippen MR) is 133 cm³/mol. The van der Waals surface area contributed by atoms with Crippen molar-refractivity contribution in [2.75, 3.05) is 5.32 Å². The fraction of sp³-hybridized carbons (Fsp3) is 0.154. The number of carbonyl (C=O) groups excluding carboxylic acids is 3. The molecule has 1 unspecified atom stereocenters. The number of nitro groups is 1. The number of esters is 1. The topological polar surface area (TPSA) is 140 Å². The summed E-state index contributed by atoms with van der Waals surface area (Å²) in [5.41, 5.74) is 2.03. The van der Waals surface area contributed by atoms with Crippen LogP contribution in [-0.2, 0) is 14.3 Å². The molecule has 2 amide bonds. The molecule has 0 bridgehead atoms. The molecule has 37 heavy (non-hydrogen) atoms. The van der Waals surface area contributed by atoms with Gasteiger partial charge in [0.1, 0.15) is 5.75 Å². The van der Waals surface area contributed by atoms with Crippen LogP contribution in [0.25, 0.3) is 0 Å². The van der Waals surface area contributed by atoms with Crippen molar-refractivity contribution in [1.82, 2.24) is 5.01 Å². The smallest absolute Gasteiger partial charge is 0.308 e. The molecular weight excluding hydrogens is 480 g/mol. The average Bonchev–Trinajstić information content (AvgIpc) is 3.30. The van der Waals surface area contributed by atoms with Crippen LogP contribution in [0.2, 0.25) is 0 Å². The number of nitro benzene ring substituents is 1. The number of hydrogen-bond donors (Lipinski definition) is 1. The molecule has 1 heterocycles. The van der Waals surface area contributed by atoms with E-state index in [1.807, 2.05) is 19.1 Å². The van der Waals surface area contributed by atoms with E-state index < -0.39 is 23.0 Å². The summed E-state index contributed by atoms with van der Waals surface area (Å²) >= 11 is 0. The molecule has 4 rings (SSSR count). The molecule has 0 saturated heterocycles. The van der Waals surface area contributed by atoms with Gasteiger partial charge in [-0.15, -0.1) is 5.10 Å². The second-order valence-electron chi connectivity index (χ2n) is 8.16. The molecule has 1 aliphatic rings. The van der Waals surface area contributed by atoms with E-state index in [4.69, 9.17) is 9.47 Å². The standard InChI is InChI=1S/C26H22N4O7/c1-15-7-4-5-10-21(15)24(33)27-19-9-6-8-18(13-19)25-28-29(16(2)31)26(37-25)22-14-20(30(34)35)11-12-23(22)36-17(3)32/h4-14,26H,1-3H3,(H,27,33). The largest absolute Gasteiger partial charge is 0.446 e. The highest BCUT2D eigenvalue weighted by molar-refractivity contribution is 6.06. The molecular formula is C26H22N4O7. The van der Waals surface area contributed by atoms with Gasteiger partial charge in [-0.1, -0.05) is 24.3 Å². The van der Waals surface area contributed by atoms with Crippen molar-refractivity contribution in [2.24, 2.45) is 5.10 Å². The van der Waals surface area contributed by atoms with Crippen molar-refractivity contribution in [3.05, 3.63) is 99.1 Å². The Bertz CT molecular complexity index is 1450. The molecule has 0 saturated carbocycles. The van der Waals surface area contributed by atoms with Gasteiger partial charge in [0, 0.05) is 42.8 Å². The Labute approximate surface area is 211 Å². The van der Waals surface area contributed by atoms with Gasteiger partial charge in [-0.2, -0.15) is 5.01 Å². The quantitative estimate of drug-likeness (QED) is 0.229. The van der Waals surface area contributed by atoms with Gasteiger partial charge in [-0.3, -0.25) is 24.5 Å². The van der Waals surface area contributed by atoms with Crippen molar-refractivity contribution < 1.29 is 28.8 Å². The summed E-state index contributed by atoms with van der Waals surface area (Å²) in [5, 5.41) is 19.5. The van der Waals surface area contributed by atoms with Crippen LogP contribution in [0.15, 0.2) is 71.8 Å². The highest BCUT2D eigenvalue weighted by atomic mass is 16.6. The van der Waals surface area contributed by atoms with Crippen LogP contribution < -0.4 is 10.1 Å². The van der Waals surface area contributed by atoms with Crippen molar-refractivity contribution in [3.8, 4) is 5.75 Å². The number of nitrogens with zero attached hydrogens (tertiary/aromatic N) is 3. The number of non-ortho nitro benzene ring substituents is 1. The Kier molecular flexibility index (Phi) is 6.96. The van der Waals surface area contributed by atoms with Crippen LogP contribution in [0.4, 0.5) is 11.4 Å². The zero-order valence-electron chi connectivity index (χ0n) is 20.1. The summed E-state index contributed by atoms with van der Waals surface area (Å²) in [5.74, 6) is -1.43. The average molecular weight is 502 g/mol. The summed E-state index contributed by atoms with van der Waals surface area (Å²) in [6.07, 6.45) is -1.23. The lowest BCUT2D eigenvalue weighted by atomic mass is 10.1. The lowest BCUT2D eigenvalue weighted by Gasteiger charge is -2.21. The molecule has 11 heteroatoms. The first kappa shape index (κ1) is 25.0. The third kappa shape index (κ3) is 5.45. The van der Waals surface area contributed by atoms with Gasteiger partial charge in [0.05, 0.1) is 10.5 Å². The number of amides is 2. The van der Waals surface area contributed by atoms with Gasteiger partial charge in [0.25, 0.3) is 11.6 Å². The van der Waals surface area contributed by atoms with E-state index in [9.17, 15) is 24.5 Å². The number of nitrogens with one attached hydrogen (secondary N) is 1. The highest BCUT2D eigenvalue weighted by Crippen LogP contribution is 2.38. The summed E-state index contributed by atoms with van der Waals surface area (Å²) in [7, 11) is 0. The first-order valence-electron chi connectivity index (χ1n) is 11.1. The van der Waals surface area contributed by atoms with E-state index in [1.54, 1.807) is 36.4 Å². The van der Waals surface area contributed by atoms with Gasteiger partial charge in [-0.25, -0.2) is 0 Å². The van der Waals surface area contributed by atoms with Crippen LogP contribution in [-0.4, -0.2) is 33.6 Å². The van der Waals surface area contributed by atoms with Gasteiger partial charge in [0.2, 0.25) is 18.0 Å². The Morgan fingerprint density at radius 2 is 1.81 bits per heavy atom. The molecule has 0 radical (unpaired) electrons. The van der Waals surface area contributed by atoms with Crippen LogP contribution in [0.1, 0.15) is 47.1 Å². The number of carbonyl (C=O) groups is 3. The minimum atomic E-state index is -1.23. The van der Waals surface area contributed by atoms with Gasteiger partial charge < -0.3 is 14.8 Å².